The van der Waals surface area contributed by atoms with Crippen LogP contribution in [0.2, 0.25) is 0 Å². The molecule has 0 radical (unpaired) electrons. The molecule has 110 valence electrons. The molecule has 1 aliphatic heterocycles. The molecule has 1 aromatic carbocycles. The van der Waals surface area contributed by atoms with E-state index in [2.05, 4.69) is 16.0 Å². The summed E-state index contributed by atoms with van der Waals surface area (Å²) >= 11 is 0. The highest BCUT2D eigenvalue weighted by molar-refractivity contribution is 5.39. The average molecular weight is 278 g/mol. The van der Waals surface area contributed by atoms with Crippen LogP contribution < -0.4 is 16.0 Å². The van der Waals surface area contributed by atoms with Crippen molar-refractivity contribution in [3.63, 3.8) is 0 Å². The zero-order valence-corrected chi connectivity index (χ0v) is 11.7. The zero-order valence-electron chi connectivity index (χ0n) is 11.7. The van der Waals surface area contributed by atoms with Gasteiger partial charge in [0.2, 0.25) is 0 Å². The standard InChI is InChI=1S/C14H22N4O2/c19-18(20)14-8-12-7-13(9-14)11-17-6-2-4-15-3-1-5-16-10-12/h7-9,15-17H,1-6,10-11H2. The van der Waals surface area contributed by atoms with Crippen LogP contribution in [0.1, 0.15) is 24.0 Å². The molecule has 0 amide bonds. The summed E-state index contributed by atoms with van der Waals surface area (Å²) in [5.74, 6) is 0. The maximum Gasteiger partial charge on any atom is 0.270 e. The molecule has 2 bridgehead atoms. The van der Waals surface area contributed by atoms with Crippen molar-refractivity contribution >= 4 is 5.69 Å². The van der Waals surface area contributed by atoms with Gasteiger partial charge in [-0.2, -0.15) is 0 Å². The third-order valence-electron chi connectivity index (χ3n) is 3.32. The minimum Gasteiger partial charge on any atom is -0.317 e. The van der Waals surface area contributed by atoms with Crippen molar-refractivity contribution in [2.45, 2.75) is 25.9 Å². The molecule has 1 heterocycles. The van der Waals surface area contributed by atoms with Crippen LogP contribution in [0.4, 0.5) is 5.69 Å². The maximum absolute atomic E-state index is 11.0. The van der Waals surface area contributed by atoms with Gasteiger partial charge in [-0.1, -0.05) is 6.07 Å². The number of hydrogen-bond donors (Lipinski definition) is 3. The number of nitrogens with one attached hydrogen (secondary N) is 3. The molecule has 0 fully saturated rings. The Morgan fingerprint density at radius 2 is 1.35 bits per heavy atom. The number of non-ortho nitro benzene ring substituents is 1. The van der Waals surface area contributed by atoms with Crippen LogP contribution in [-0.2, 0) is 13.1 Å². The van der Waals surface area contributed by atoms with E-state index in [9.17, 15) is 10.1 Å². The van der Waals surface area contributed by atoms with E-state index in [4.69, 9.17) is 0 Å². The summed E-state index contributed by atoms with van der Waals surface area (Å²) in [6.07, 6.45) is 2.13. The van der Waals surface area contributed by atoms with E-state index in [-0.39, 0.29) is 10.6 Å². The Balaban J connectivity index is 2.09. The number of fused-ring (bicyclic) bond motifs is 2. The lowest BCUT2D eigenvalue weighted by molar-refractivity contribution is -0.385. The highest BCUT2D eigenvalue weighted by atomic mass is 16.6. The Kier molecular flexibility index (Phi) is 5.91. The van der Waals surface area contributed by atoms with Crippen LogP contribution in [0, 0.1) is 10.1 Å². The predicted octanol–water partition coefficient (Wildman–Crippen LogP) is 1.16. The number of nitro groups is 1. The van der Waals surface area contributed by atoms with Gasteiger partial charge in [-0.25, -0.2) is 0 Å². The Hall–Kier alpha value is -1.50. The zero-order chi connectivity index (χ0) is 14.2. The van der Waals surface area contributed by atoms with Gasteiger partial charge in [0.15, 0.2) is 0 Å². The van der Waals surface area contributed by atoms with Gasteiger partial charge in [0.25, 0.3) is 5.69 Å². The van der Waals surface area contributed by atoms with Crippen LogP contribution in [-0.4, -0.2) is 31.1 Å². The normalized spacial score (nSPS) is 18.2. The molecule has 0 atom stereocenters. The van der Waals surface area contributed by atoms with E-state index in [1.165, 1.54) is 0 Å². The minimum atomic E-state index is -0.319. The number of nitrogens with zero attached hydrogens (tertiary/aromatic N) is 1. The number of benzene rings is 1. The number of hydrogen-bond acceptors (Lipinski definition) is 5. The summed E-state index contributed by atoms with van der Waals surface area (Å²) in [6, 6.07) is 5.35. The molecule has 20 heavy (non-hydrogen) atoms. The van der Waals surface area contributed by atoms with Gasteiger partial charge in [-0.15, -0.1) is 0 Å². The minimum absolute atomic E-state index is 0.176. The summed E-state index contributed by atoms with van der Waals surface area (Å²) in [5.41, 5.74) is 2.12. The third-order valence-corrected chi connectivity index (χ3v) is 3.32. The van der Waals surface area contributed by atoms with Gasteiger partial charge < -0.3 is 16.0 Å². The fraction of sp³-hybridized carbons (Fsp3) is 0.571. The summed E-state index contributed by atoms with van der Waals surface area (Å²) in [6.45, 7) is 5.20. The van der Waals surface area contributed by atoms with Crippen molar-refractivity contribution in [1.29, 1.82) is 0 Å². The van der Waals surface area contributed by atoms with Gasteiger partial charge in [-0.3, -0.25) is 10.1 Å². The summed E-state index contributed by atoms with van der Waals surface area (Å²) < 4.78 is 0. The van der Waals surface area contributed by atoms with E-state index < -0.39 is 0 Å². The Morgan fingerprint density at radius 1 is 0.850 bits per heavy atom. The SMILES string of the molecule is O=[N+]([O-])c1cc2cc(c1)CNCCCNCCCNC2. The van der Waals surface area contributed by atoms with Crippen LogP contribution >= 0.6 is 0 Å². The predicted molar refractivity (Wildman–Crippen MR) is 78.6 cm³/mol. The molecule has 0 aromatic heterocycles. The van der Waals surface area contributed by atoms with Crippen molar-refractivity contribution in [3.05, 3.63) is 39.4 Å². The van der Waals surface area contributed by atoms with E-state index in [1.807, 2.05) is 6.07 Å². The molecule has 2 rings (SSSR count). The van der Waals surface area contributed by atoms with E-state index >= 15 is 0 Å². The summed E-state index contributed by atoms with van der Waals surface area (Å²) in [7, 11) is 0. The largest absolute Gasteiger partial charge is 0.317 e. The maximum atomic E-state index is 11.0. The monoisotopic (exact) mass is 278 g/mol. The van der Waals surface area contributed by atoms with Crippen molar-refractivity contribution < 1.29 is 4.92 Å². The highest BCUT2D eigenvalue weighted by Crippen LogP contribution is 2.17. The molecule has 0 aliphatic carbocycles. The molecule has 6 nitrogen and oxygen atoms in total. The molecule has 0 saturated carbocycles. The van der Waals surface area contributed by atoms with Gasteiger partial charge in [0, 0.05) is 25.2 Å². The second kappa shape index (κ2) is 7.94. The lowest BCUT2D eigenvalue weighted by atomic mass is 10.1. The Labute approximate surface area is 119 Å². The fourth-order valence-corrected chi connectivity index (χ4v) is 2.32. The second-order valence-corrected chi connectivity index (χ2v) is 5.08. The van der Waals surface area contributed by atoms with Gasteiger partial charge in [-0.05, 0) is 50.1 Å². The quantitative estimate of drug-likeness (QED) is 0.530. The summed E-state index contributed by atoms with van der Waals surface area (Å²) in [5, 5.41) is 21.0. The first-order valence-corrected chi connectivity index (χ1v) is 7.15. The van der Waals surface area contributed by atoms with Crippen LogP contribution in [0.25, 0.3) is 0 Å². The molecule has 1 aromatic rings. The fourth-order valence-electron chi connectivity index (χ4n) is 2.32. The molecular formula is C14H22N4O2. The Bertz CT molecular complexity index is 421. The first-order valence-electron chi connectivity index (χ1n) is 7.15. The Morgan fingerprint density at radius 3 is 1.85 bits per heavy atom. The summed E-state index contributed by atoms with van der Waals surface area (Å²) in [4.78, 5) is 10.7. The molecule has 6 heteroatoms. The first-order chi connectivity index (χ1) is 9.75. The molecule has 0 saturated heterocycles. The van der Waals surface area contributed by atoms with E-state index in [0.29, 0.717) is 13.1 Å². The van der Waals surface area contributed by atoms with Crippen LogP contribution in [0.15, 0.2) is 18.2 Å². The van der Waals surface area contributed by atoms with Gasteiger partial charge >= 0.3 is 0 Å². The van der Waals surface area contributed by atoms with Crippen molar-refractivity contribution in [2.75, 3.05) is 26.2 Å². The topological polar surface area (TPSA) is 79.2 Å². The first kappa shape index (κ1) is 14.9. The van der Waals surface area contributed by atoms with E-state index in [0.717, 1.165) is 50.1 Å². The second-order valence-electron chi connectivity index (χ2n) is 5.08. The lowest BCUT2D eigenvalue weighted by Crippen LogP contribution is -2.25. The van der Waals surface area contributed by atoms with Crippen molar-refractivity contribution in [2.24, 2.45) is 0 Å². The molecule has 3 N–H and O–H groups in total. The molecule has 1 aliphatic rings. The lowest BCUT2D eigenvalue weighted by Gasteiger charge is -2.11. The third kappa shape index (κ3) is 4.88. The average Bonchev–Trinajstić information content (AvgIpc) is 2.44. The molecular weight excluding hydrogens is 256 g/mol. The van der Waals surface area contributed by atoms with E-state index in [1.54, 1.807) is 12.1 Å². The van der Waals surface area contributed by atoms with Crippen molar-refractivity contribution in [3.8, 4) is 0 Å². The number of rotatable bonds is 1. The smallest absolute Gasteiger partial charge is 0.270 e. The van der Waals surface area contributed by atoms with Gasteiger partial charge in [0.1, 0.15) is 0 Å². The van der Waals surface area contributed by atoms with Crippen LogP contribution in [0.5, 0.6) is 0 Å². The van der Waals surface area contributed by atoms with Crippen molar-refractivity contribution in [1.82, 2.24) is 16.0 Å². The molecule has 0 unspecified atom stereocenters. The van der Waals surface area contributed by atoms with Gasteiger partial charge in [0.05, 0.1) is 4.92 Å². The van der Waals surface area contributed by atoms with Crippen LogP contribution in [0.3, 0.4) is 0 Å². The molecule has 0 spiro atoms. The highest BCUT2D eigenvalue weighted by Gasteiger charge is 2.09. The number of nitro benzene ring substituents is 1.